The number of hydrogen-bond donors (Lipinski definition) is 0. The fourth-order valence-corrected chi connectivity index (χ4v) is 0.986. The predicted octanol–water partition coefficient (Wildman–Crippen LogP) is 2.89. The first-order chi connectivity index (χ1) is 4.76. The van der Waals surface area contributed by atoms with E-state index in [2.05, 4.69) is 13.8 Å². The minimum Gasteiger partial charge on any atom is -0.299 e. The number of hydrogen-bond acceptors (Lipinski definition) is 1. The van der Waals surface area contributed by atoms with Crippen molar-refractivity contribution in [3.8, 4) is 0 Å². The van der Waals surface area contributed by atoms with Crippen LogP contribution in [0.2, 0.25) is 0 Å². The van der Waals surface area contributed by atoms with Gasteiger partial charge in [0.2, 0.25) is 0 Å². The molecule has 0 aliphatic heterocycles. The van der Waals surface area contributed by atoms with Crippen LogP contribution in [0.3, 0.4) is 0 Å². The Labute approximate surface area is 70.2 Å². The lowest BCUT2D eigenvalue weighted by atomic mass is 9.79. The molecule has 0 fully saturated rings. The highest BCUT2D eigenvalue weighted by Gasteiger charge is 2.27. The Kier molecular flexibility index (Phi) is 3.28. The molecule has 0 aromatic carbocycles. The van der Waals surface area contributed by atoms with Crippen molar-refractivity contribution < 1.29 is 4.79 Å². The van der Waals surface area contributed by atoms with Gasteiger partial charge in [-0.2, -0.15) is 0 Å². The molecule has 0 saturated carbocycles. The second kappa shape index (κ2) is 3.38. The van der Waals surface area contributed by atoms with Crippen molar-refractivity contribution >= 4 is 5.78 Å². The molecule has 0 aromatic rings. The van der Waals surface area contributed by atoms with Crippen LogP contribution in [0, 0.1) is 17.3 Å². The van der Waals surface area contributed by atoms with Crippen molar-refractivity contribution in [3.05, 3.63) is 0 Å². The maximum Gasteiger partial charge on any atom is 0.141 e. The summed E-state index contributed by atoms with van der Waals surface area (Å²) in [5, 5.41) is 0. The smallest absolute Gasteiger partial charge is 0.141 e. The SMILES string of the molecule is CC(C)[C@@H](C)C(=O)C(C)(C)C. The van der Waals surface area contributed by atoms with Crippen LogP contribution < -0.4 is 0 Å². The molecule has 1 heteroatoms. The van der Waals surface area contributed by atoms with Gasteiger partial charge in [-0.25, -0.2) is 0 Å². The van der Waals surface area contributed by atoms with Gasteiger partial charge < -0.3 is 0 Å². The van der Waals surface area contributed by atoms with Gasteiger partial charge in [0.05, 0.1) is 0 Å². The summed E-state index contributed by atoms with van der Waals surface area (Å²) in [5.41, 5.74) is -0.177. The van der Waals surface area contributed by atoms with Gasteiger partial charge in [-0.1, -0.05) is 41.5 Å². The summed E-state index contributed by atoms with van der Waals surface area (Å²) in [5.74, 6) is 1.02. The van der Waals surface area contributed by atoms with Crippen LogP contribution in [-0.2, 0) is 4.79 Å². The van der Waals surface area contributed by atoms with Crippen LogP contribution in [0.5, 0.6) is 0 Å². The van der Waals surface area contributed by atoms with Crippen molar-refractivity contribution in [1.29, 1.82) is 0 Å². The van der Waals surface area contributed by atoms with E-state index in [-0.39, 0.29) is 11.3 Å². The minimum absolute atomic E-state index is 0.177. The van der Waals surface area contributed by atoms with E-state index in [4.69, 9.17) is 0 Å². The Balaban J connectivity index is 4.26. The van der Waals surface area contributed by atoms with Gasteiger partial charge >= 0.3 is 0 Å². The van der Waals surface area contributed by atoms with E-state index in [0.717, 1.165) is 0 Å². The molecule has 0 rings (SSSR count). The lowest BCUT2D eigenvalue weighted by Crippen LogP contribution is -2.29. The standard InChI is InChI=1S/C10H20O/c1-7(2)8(3)9(11)10(4,5)6/h7-8H,1-6H3/t8-/m1/s1. The number of rotatable bonds is 2. The van der Waals surface area contributed by atoms with Crippen molar-refractivity contribution in [2.24, 2.45) is 17.3 Å². The third-order valence-electron chi connectivity index (χ3n) is 2.15. The first-order valence-electron chi connectivity index (χ1n) is 4.31. The van der Waals surface area contributed by atoms with Gasteiger partial charge in [-0.15, -0.1) is 0 Å². The van der Waals surface area contributed by atoms with Crippen LogP contribution in [0.1, 0.15) is 41.5 Å². The molecule has 0 heterocycles. The van der Waals surface area contributed by atoms with E-state index < -0.39 is 0 Å². The lowest BCUT2D eigenvalue weighted by molar-refractivity contribution is -0.131. The van der Waals surface area contributed by atoms with Crippen LogP contribution in [0.15, 0.2) is 0 Å². The Morgan fingerprint density at radius 3 is 1.55 bits per heavy atom. The fourth-order valence-electron chi connectivity index (χ4n) is 0.986. The summed E-state index contributed by atoms with van der Waals surface area (Å²) in [4.78, 5) is 11.6. The van der Waals surface area contributed by atoms with E-state index in [1.807, 2.05) is 27.7 Å². The van der Waals surface area contributed by atoms with E-state index >= 15 is 0 Å². The zero-order chi connectivity index (χ0) is 9.23. The van der Waals surface area contributed by atoms with Crippen molar-refractivity contribution in [1.82, 2.24) is 0 Å². The molecule has 0 aliphatic carbocycles. The van der Waals surface area contributed by atoms with Crippen LogP contribution in [0.25, 0.3) is 0 Å². The van der Waals surface area contributed by atoms with E-state index in [1.54, 1.807) is 0 Å². The van der Waals surface area contributed by atoms with Gasteiger partial charge in [0.1, 0.15) is 5.78 Å². The van der Waals surface area contributed by atoms with Gasteiger partial charge in [0, 0.05) is 11.3 Å². The van der Waals surface area contributed by atoms with Crippen LogP contribution in [-0.4, -0.2) is 5.78 Å². The number of carbonyl (C=O) groups excluding carboxylic acids is 1. The Morgan fingerprint density at radius 2 is 1.45 bits per heavy atom. The molecular formula is C10H20O. The maximum absolute atomic E-state index is 11.6. The topological polar surface area (TPSA) is 17.1 Å². The number of ketones is 1. The maximum atomic E-state index is 11.6. The molecule has 1 nitrogen and oxygen atoms in total. The molecule has 0 aromatic heterocycles. The van der Waals surface area contributed by atoms with Crippen molar-refractivity contribution in [2.45, 2.75) is 41.5 Å². The molecule has 11 heavy (non-hydrogen) atoms. The van der Waals surface area contributed by atoms with Crippen LogP contribution >= 0.6 is 0 Å². The summed E-state index contributed by atoms with van der Waals surface area (Å²) in [6, 6.07) is 0. The molecule has 0 unspecified atom stereocenters. The highest BCUT2D eigenvalue weighted by molar-refractivity contribution is 5.85. The lowest BCUT2D eigenvalue weighted by Gasteiger charge is -2.24. The summed E-state index contributed by atoms with van der Waals surface area (Å²) in [7, 11) is 0. The second-order valence-electron chi connectivity index (χ2n) is 4.65. The van der Waals surface area contributed by atoms with Gasteiger partial charge in [0.15, 0.2) is 0 Å². The summed E-state index contributed by atoms with van der Waals surface area (Å²) in [6.45, 7) is 12.1. The van der Waals surface area contributed by atoms with E-state index in [0.29, 0.717) is 11.7 Å². The predicted molar refractivity (Wildman–Crippen MR) is 48.5 cm³/mol. The highest BCUT2D eigenvalue weighted by Crippen LogP contribution is 2.24. The van der Waals surface area contributed by atoms with Gasteiger partial charge in [-0.05, 0) is 5.92 Å². The zero-order valence-electron chi connectivity index (χ0n) is 8.56. The first-order valence-corrected chi connectivity index (χ1v) is 4.31. The first kappa shape index (κ1) is 10.7. The number of carbonyl (C=O) groups is 1. The molecule has 0 N–H and O–H groups in total. The molecule has 0 radical (unpaired) electrons. The zero-order valence-corrected chi connectivity index (χ0v) is 8.56. The molecule has 66 valence electrons. The Bertz CT molecular complexity index is 139. The fraction of sp³-hybridized carbons (Fsp3) is 0.900. The normalized spacial score (nSPS) is 15.2. The van der Waals surface area contributed by atoms with Crippen molar-refractivity contribution in [3.63, 3.8) is 0 Å². The molecule has 0 spiro atoms. The molecule has 0 bridgehead atoms. The Morgan fingerprint density at radius 1 is 1.09 bits per heavy atom. The van der Waals surface area contributed by atoms with Gasteiger partial charge in [0.25, 0.3) is 0 Å². The second-order valence-corrected chi connectivity index (χ2v) is 4.65. The molecule has 1 atom stereocenters. The Hall–Kier alpha value is -0.330. The average molecular weight is 156 g/mol. The monoisotopic (exact) mass is 156 g/mol. The molecular weight excluding hydrogens is 136 g/mol. The third kappa shape index (κ3) is 3.04. The summed E-state index contributed by atoms with van der Waals surface area (Å²) in [6.07, 6.45) is 0. The summed E-state index contributed by atoms with van der Waals surface area (Å²) >= 11 is 0. The molecule has 0 amide bonds. The molecule has 0 saturated heterocycles. The average Bonchev–Trinajstić information content (AvgIpc) is 1.82. The van der Waals surface area contributed by atoms with Crippen molar-refractivity contribution in [2.75, 3.05) is 0 Å². The van der Waals surface area contributed by atoms with E-state index in [9.17, 15) is 4.79 Å². The highest BCUT2D eigenvalue weighted by atomic mass is 16.1. The quantitative estimate of drug-likeness (QED) is 0.601. The van der Waals surface area contributed by atoms with E-state index in [1.165, 1.54) is 0 Å². The number of Topliss-reactive ketones (excluding diaryl/α,β-unsaturated/α-hetero) is 1. The minimum atomic E-state index is -0.177. The largest absolute Gasteiger partial charge is 0.299 e. The third-order valence-corrected chi connectivity index (χ3v) is 2.15. The van der Waals surface area contributed by atoms with Gasteiger partial charge in [-0.3, -0.25) is 4.79 Å². The molecule has 0 aliphatic rings. The summed E-state index contributed by atoms with van der Waals surface area (Å²) < 4.78 is 0. The van der Waals surface area contributed by atoms with Crippen LogP contribution in [0.4, 0.5) is 0 Å².